The third-order valence-corrected chi connectivity index (χ3v) is 6.02. The fourth-order valence-electron chi connectivity index (χ4n) is 4.27. The van der Waals surface area contributed by atoms with Gasteiger partial charge < -0.3 is 20.4 Å². The Kier molecular flexibility index (Phi) is 7.55. The molecule has 0 saturated carbocycles. The van der Waals surface area contributed by atoms with Crippen LogP contribution in [0, 0.1) is 0 Å². The minimum absolute atomic E-state index is 0.430. The number of piperazine rings is 1. The quantitative estimate of drug-likeness (QED) is 0.397. The molecular formula is C23H34N8. The highest BCUT2D eigenvalue weighted by atomic mass is 15.3. The smallest absolute Gasteiger partial charge is 0.225 e. The molecule has 1 aromatic carbocycles. The highest BCUT2D eigenvalue weighted by molar-refractivity contribution is 5.80. The molecule has 0 bridgehead atoms. The zero-order valence-corrected chi connectivity index (χ0v) is 18.5. The van der Waals surface area contributed by atoms with E-state index in [1.54, 1.807) is 0 Å². The van der Waals surface area contributed by atoms with E-state index in [1.807, 2.05) is 25.5 Å². The molecule has 0 radical (unpaired) electrons. The van der Waals surface area contributed by atoms with E-state index >= 15 is 0 Å². The van der Waals surface area contributed by atoms with E-state index in [9.17, 15) is 0 Å². The number of guanidine groups is 1. The number of aliphatic imine (C=N–C) groups is 1. The molecule has 2 N–H and O–H groups in total. The highest BCUT2D eigenvalue weighted by Gasteiger charge is 2.23. The van der Waals surface area contributed by atoms with Gasteiger partial charge in [0.1, 0.15) is 0 Å². The van der Waals surface area contributed by atoms with Crippen molar-refractivity contribution in [2.45, 2.75) is 18.9 Å². The van der Waals surface area contributed by atoms with E-state index in [1.165, 1.54) is 5.69 Å². The Hall–Kier alpha value is -2.87. The van der Waals surface area contributed by atoms with Gasteiger partial charge in [0.2, 0.25) is 5.95 Å². The fourth-order valence-corrected chi connectivity index (χ4v) is 4.27. The molecule has 2 aliphatic heterocycles. The summed E-state index contributed by atoms with van der Waals surface area (Å²) in [5, 5.41) is 7.08. The van der Waals surface area contributed by atoms with Crippen molar-refractivity contribution in [3.63, 3.8) is 0 Å². The highest BCUT2D eigenvalue weighted by Crippen LogP contribution is 2.19. The van der Waals surface area contributed by atoms with Crippen molar-refractivity contribution in [2.75, 3.05) is 69.2 Å². The van der Waals surface area contributed by atoms with Crippen molar-refractivity contribution in [3.05, 3.63) is 48.8 Å². The third-order valence-electron chi connectivity index (χ3n) is 6.02. The topological polar surface area (TPSA) is 71.9 Å². The fraction of sp³-hybridized carbons (Fsp3) is 0.522. The zero-order chi connectivity index (χ0) is 21.3. The number of para-hydroxylation sites is 1. The monoisotopic (exact) mass is 422 g/mol. The molecule has 8 nitrogen and oxygen atoms in total. The van der Waals surface area contributed by atoms with E-state index in [4.69, 9.17) is 0 Å². The molecule has 0 aliphatic carbocycles. The first-order chi connectivity index (χ1) is 15.3. The molecule has 1 aromatic heterocycles. The van der Waals surface area contributed by atoms with Crippen LogP contribution in [0.4, 0.5) is 11.6 Å². The molecule has 1 atom stereocenters. The first-order valence-corrected chi connectivity index (χ1v) is 11.3. The van der Waals surface area contributed by atoms with E-state index in [-0.39, 0.29) is 0 Å². The van der Waals surface area contributed by atoms with Gasteiger partial charge in [0.15, 0.2) is 5.96 Å². The van der Waals surface area contributed by atoms with E-state index in [2.05, 4.69) is 70.6 Å². The maximum atomic E-state index is 4.42. The Morgan fingerprint density at radius 2 is 1.77 bits per heavy atom. The lowest BCUT2D eigenvalue weighted by atomic mass is 10.2. The van der Waals surface area contributed by atoms with Crippen molar-refractivity contribution < 1.29 is 0 Å². The van der Waals surface area contributed by atoms with Gasteiger partial charge in [0.05, 0.1) is 0 Å². The van der Waals surface area contributed by atoms with Crippen molar-refractivity contribution in [1.82, 2.24) is 25.5 Å². The Balaban J connectivity index is 1.12. The number of nitrogens with one attached hydrogen (secondary N) is 2. The standard InChI is InChI=1S/C23H34N8/c1-24-22(28-20-9-14-31(19-20)21-7-3-2-4-8-21)25-12-6-13-29-15-17-30(18-16-29)23-26-10-5-11-27-23/h2-5,7-8,10-11,20H,6,9,12-19H2,1H3,(H2,24,25,28). The van der Waals surface area contributed by atoms with E-state index < -0.39 is 0 Å². The summed E-state index contributed by atoms with van der Waals surface area (Å²) in [5.41, 5.74) is 1.30. The number of hydrogen-bond acceptors (Lipinski definition) is 6. The van der Waals surface area contributed by atoms with Crippen LogP contribution in [0.1, 0.15) is 12.8 Å². The van der Waals surface area contributed by atoms with Gasteiger partial charge in [-0.25, -0.2) is 9.97 Å². The number of hydrogen-bond donors (Lipinski definition) is 2. The van der Waals surface area contributed by atoms with Crippen molar-refractivity contribution in [2.24, 2.45) is 4.99 Å². The molecule has 0 spiro atoms. The largest absolute Gasteiger partial charge is 0.369 e. The Morgan fingerprint density at radius 3 is 2.52 bits per heavy atom. The molecule has 4 rings (SSSR count). The summed E-state index contributed by atoms with van der Waals surface area (Å²) in [4.78, 5) is 20.4. The zero-order valence-electron chi connectivity index (χ0n) is 18.5. The molecule has 31 heavy (non-hydrogen) atoms. The van der Waals surface area contributed by atoms with Crippen LogP contribution in [0.3, 0.4) is 0 Å². The van der Waals surface area contributed by atoms with Crippen LogP contribution in [0.2, 0.25) is 0 Å². The Morgan fingerprint density at radius 1 is 1.00 bits per heavy atom. The van der Waals surface area contributed by atoms with Gasteiger partial charge in [0, 0.05) is 77.0 Å². The summed E-state index contributed by atoms with van der Waals surface area (Å²) in [6.07, 6.45) is 5.85. The van der Waals surface area contributed by atoms with Crippen LogP contribution in [-0.2, 0) is 0 Å². The van der Waals surface area contributed by atoms with Gasteiger partial charge in [-0.1, -0.05) is 18.2 Å². The summed E-state index contributed by atoms with van der Waals surface area (Å²) in [6, 6.07) is 12.9. The average molecular weight is 423 g/mol. The van der Waals surface area contributed by atoms with Gasteiger partial charge >= 0.3 is 0 Å². The van der Waals surface area contributed by atoms with Crippen molar-refractivity contribution in [1.29, 1.82) is 0 Å². The molecule has 2 fully saturated rings. The van der Waals surface area contributed by atoms with Gasteiger partial charge in [-0.3, -0.25) is 9.89 Å². The molecular weight excluding hydrogens is 388 g/mol. The maximum Gasteiger partial charge on any atom is 0.225 e. The number of benzene rings is 1. The van der Waals surface area contributed by atoms with Gasteiger partial charge in [-0.05, 0) is 37.6 Å². The number of anilines is 2. The lowest BCUT2D eigenvalue weighted by molar-refractivity contribution is 0.254. The van der Waals surface area contributed by atoms with Gasteiger partial charge in [-0.2, -0.15) is 0 Å². The average Bonchev–Trinajstić information content (AvgIpc) is 3.31. The lowest BCUT2D eigenvalue weighted by Gasteiger charge is -2.34. The van der Waals surface area contributed by atoms with Crippen molar-refractivity contribution in [3.8, 4) is 0 Å². The predicted octanol–water partition coefficient (Wildman–Crippen LogP) is 1.43. The molecule has 166 valence electrons. The van der Waals surface area contributed by atoms with Crippen LogP contribution < -0.4 is 20.4 Å². The second-order valence-electron chi connectivity index (χ2n) is 8.14. The summed E-state index contributed by atoms with van der Waals surface area (Å²) in [7, 11) is 1.85. The maximum absolute atomic E-state index is 4.42. The minimum atomic E-state index is 0.430. The van der Waals surface area contributed by atoms with Crippen LogP contribution in [0.15, 0.2) is 53.8 Å². The Labute approximate surface area is 185 Å². The molecule has 1 unspecified atom stereocenters. The third kappa shape index (κ3) is 6.07. The lowest BCUT2D eigenvalue weighted by Crippen LogP contribution is -2.48. The molecule has 2 aliphatic rings. The first kappa shape index (κ1) is 21.4. The molecule has 0 amide bonds. The second-order valence-corrected chi connectivity index (χ2v) is 8.14. The normalized spacial score (nSPS) is 20.2. The molecule has 8 heteroatoms. The Bertz CT molecular complexity index is 805. The minimum Gasteiger partial charge on any atom is -0.369 e. The molecule has 2 aromatic rings. The van der Waals surface area contributed by atoms with Crippen molar-refractivity contribution >= 4 is 17.6 Å². The SMILES string of the molecule is CN=C(NCCCN1CCN(c2ncccn2)CC1)NC1CCN(c2ccccc2)C1. The van der Waals surface area contributed by atoms with Gasteiger partial charge in [0.25, 0.3) is 0 Å². The number of aromatic nitrogens is 2. The van der Waals surface area contributed by atoms with Gasteiger partial charge in [-0.15, -0.1) is 0 Å². The predicted molar refractivity (Wildman–Crippen MR) is 127 cm³/mol. The summed E-state index contributed by atoms with van der Waals surface area (Å²) < 4.78 is 0. The summed E-state index contributed by atoms with van der Waals surface area (Å²) >= 11 is 0. The van der Waals surface area contributed by atoms with Crippen LogP contribution in [-0.4, -0.2) is 86.3 Å². The molecule has 2 saturated heterocycles. The summed E-state index contributed by atoms with van der Waals surface area (Å²) in [6.45, 7) is 8.21. The van der Waals surface area contributed by atoms with Crippen LogP contribution >= 0.6 is 0 Å². The second kappa shape index (κ2) is 10.9. The van der Waals surface area contributed by atoms with Crippen LogP contribution in [0.5, 0.6) is 0 Å². The van der Waals surface area contributed by atoms with E-state index in [0.717, 1.165) is 77.1 Å². The van der Waals surface area contributed by atoms with E-state index in [0.29, 0.717) is 6.04 Å². The summed E-state index contributed by atoms with van der Waals surface area (Å²) in [5.74, 6) is 1.75. The van der Waals surface area contributed by atoms with Crippen LogP contribution in [0.25, 0.3) is 0 Å². The first-order valence-electron chi connectivity index (χ1n) is 11.3. The molecule has 3 heterocycles. The number of nitrogens with zero attached hydrogens (tertiary/aromatic N) is 6. The number of rotatable bonds is 7.